The van der Waals surface area contributed by atoms with E-state index in [0.717, 1.165) is 18.4 Å². The number of nitrogen functional groups attached to an aromatic ring is 1. The molecule has 0 aliphatic carbocycles. The number of nitrogens with one attached hydrogen (secondary N) is 4. The largest absolute Gasteiger partial charge is 0.464 e. The van der Waals surface area contributed by atoms with Crippen molar-refractivity contribution < 1.29 is 17.9 Å². The molecule has 0 saturated heterocycles. The maximum Gasteiger partial charge on any atom is 0.333 e. The zero-order valence-corrected chi connectivity index (χ0v) is 21.3. The molecule has 2 aromatic carbocycles. The second-order valence-corrected chi connectivity index (χ2v) is 8.99. The smallest absolute Gasteiger partial charge is 0.333 e. The highest BCUT2D eigenvalue weighted by Gasteiger charge is 2.24. The summed E-state index contributed by atoms with van der Waals surface area (Å²) in [7, 11) is -3.75. The van der Waals surface area contributed by atoms with E-state index in [2.05, 4.69) is 14.8 Å². The second-order valence-electron chi connectivity index (χ2n) is 7.49. The summed E-state index contributed by atoms with van der Waals surface area (Å²) < 4.78 is 35.2. The van der Waals surface area contributed by atoms with Gasteiger partial charge >= 0.3 is 5.97 Å². The van der Waals surface area contributed by atoms with Crippen molar-refractivity contribution in [3.63, 3.8) is 0 Å². The summed E-state index contributed by atoms with van der Waals surface area (Å²) in [5.74, 6) is -0.542. The molecule has 0 saturated carbocycles. The lowest BCUT2D eigenvalue weighted by molar-refractivity contribution is -0.144. The Morgan fingerprint density at radius 3 is 2.32 bits per heavy atom. The third-order valence-electron chi connectivity index (χ3n) is 4.86. The molecule has 0 aliphatic rings. The van der Waals surface area contributed by atoms with Crippen LogP contribution in [-0.2, 0) is 26.2 Å². The molecule has 188 valence electrons. The first-order valence-electron chi connectivity index (χ1n) is 11.0. The number of unbranched alkanes of at least 4 members (excludes halogenated alkanes) is 1. The Labute approximate surface area is 208 Å². The molecule has 0 spiro atoms. The van der Waals surface area contributed by atoms with Crippen LogP contribution in [0.2, 0.25) is 0 Å². The number of aryl methyl sites for hydroxylation is 1. The fourth-order valence-electron chi connectivity index (χ4n) is 3.14. The molecule has 34 heavy (non-hydrogen) atoms. The van der Waals surface area contributed by atoms with Gasteiger partial charge in [0.15, 0.2) is 6.04 Å². The van der Waals surface area contributed by atoms with E-state index in [1.807, 2.05) is 19.9 Å². The minimum absolute atomic E-state index is 0. The third-order valence-corrected chi connectivity index (χ3v) is 5.95. The molecule has 0 radical (unpaired) electrons. The molecule has 11 heteroatoms. The molecule has 0 fully saturated rings. The van der Waals surface area contributed by atoms with E-state index in [4.69, 9.17) is 15.9 Å². The average Bonchev–Trinajstić information content (AvgIpc) is 2.77. The van der Waals surface area contributed by atoms with Crippen LogP contribution in [-0.4, -0.2) is 33.4 Å². The zero-order valence-electron chi connectivity index (χ0n) is 19.7. The number of hydrogen-bond donors (Lipinski definition) is 5. The summed E-state index contributed by atoms with van der Waals surface area (Å²) in [6.45, 7) is 6.20. The van der Waals surface area contributed by atoms with Gasteiger partial charge in [-0.25, -0.2) is 4.79 Å². The van der Waals surface area contributed by atoms with Crippen LogP contribution in [0.1, 0.15) is 56.3 Å². The van der Waals surface area contributed by atoms with Crippen molar-refractivity contribution in [1.82, 2.24) is 4.72 Å². The van der Waals surface area contributed by atoms with Crippen LogP contribution in [0.3, 0.4) is 0 Å². The van der Waals surface area contributed by atoms with Crippen LogP contribution in [0.5, 0.6) is 0 Å². The lowest BCUT2D eigenvalue weighted by Crippen LogP contribution is -2.31. The second kappa shape index (κ2) is 13.8. The van der Waals surface area contributed by atoms with E-state index in [1.54, 1.807) is 43.3 Å². The molecular weight excluding hydrogens is 478 g/mol. The van der Waals surface area contributed by atoms with Crippen LogP contribution in [0.15, 0.2) is 42.5 Å². The molecular formula is C23H34ClN5O4S. The van der Waals surface area contributed by atoms with Crippen LogP contribution < -0.4 is 20.5 Å². The predicted octanol–water partition coefficient (Wildman–Crippen LogP) is 3.72. The number of carbonyl (C=O) groups excluding carboxylic acids is 1. The number of anilines is 2. The minimum Gasteiger partial charge on any atom is -0.464 e. The minimum atomic E-state index is -3.75. The van der Waals surface area contributed by atoms with E-state index >= 15 is 0 Å². The Bertz CT molecular complexity index is 1060. The Kier molecular flexibility index (Phi) is 11.8. The number of esters is 1. The van der Waals surface area contributed by atoms with Crippen LogP contribution in [0.4, 0.5) is 11.4 Å². The molecule has 0 aromatic heterocycles. The number of rotatable bonds is 13. The Morgan fingerprint density at radius 1 is 1.09 bits per heavy atom. The summed E-state index contributed by atoms with van der Waals surface area (Å²) in [6.07, 6.45) is 2.26. The van der Waals surface area contributed by atoms with Crippen LogP contribution in [0.25, 0.3) is 0 Å². The Hall–Kier alpha value is -2.82. The van der Waals surface area contributed by atoms with Gasteiger partial charge in [-0.2, -0.15) is 13.1 Å². The number of halogens is 1. The van der Waals surface area contributed by atoms with Crippen molar-refractivity contribution in [2.75, 3.05) is 23.2 Å². The molecule has 0 bridgehead atoms. The summed E-state index contributed by atoms with van der Waals surface area (Å²) in [4.78, 5) is 12.8. The summed E-state index contributed by atoms with van der Waals surface area (Å²) >= 11 is 0. The maximum atomic E-state index is 12.8. The van der Waals surface area contributed by atoms with Gasteiger partial charge in [0.1, 0.15) is 5.84 Å². The van der Waals surface area contributed by atoms with E-state index in [-0.39, 0.29) is 24.8 Å². The van der Waals surface area contributed by atoms with Gasteiger partial charge in [0, 0.05) is 17.8 Å². The van der Waals surface area contributed by atoms with Gasteiger partial charge in [-0.3, -0.25) is 10.1 Å². The van der Waals surface area contributed by atoms with E-state index in [1.165, 1.54) is 0 Å². The normalized spacial score (nSPS) is 11.7. The number of benzene rings is 2. The quantitative estimate of drug-likeness (QED) is 0.120. The number of ether oxygens (including phenoxy) is 1. The van der Waals surface area contributed by atoms with E-state index in [0.29, 0.717) is 35.5 Å². The number of nitrogens with two attached hydrogens (primary N) is 1. The van der Waals surface area contributed by atoms with Gasteiger partial charge < -0.3 is 15.8 Å². The lowest BCUT2D eigenvalue weighted by atomic mass is 10.0. The summed E-state index contributed by atoms with van der Waals surface area (Å²) in [5.41, 5.74) is 8.49. The highest BCUT2D eigenvalue weighted by molar-refractivity contribution is 7.90. The predicted molar refractivity (Wildman–Crippen MR) is 139 cm³/mol. The summed E-state index contributed by atoms with van der Waals surface area (Å²) in [6, 6.07) is 11.1. The SMILES string of the molecule is CCCCNS(=O)(=O)Nc1cc(CC)cc(C(Nc2ccc(C(=N)N)cc2)C(=O)OCC)c1.Cl. The van der Waals surface area contributed by atoms with Gasteiger partial charge in [0.05, 0.1) is 12.3 Å². The molecule has 0 amide bonds. The van der Waals surface area contributed by atoms with Crippen molar-refractivity contribution in [2.45, 2.75) is 46.1 Å². The fourth-order valence-corrected chi connectivity index (χ4v) is 4.05. The monoisotopic (exact) mass is 511 g/mol. The first kappa shape index (κ1) is 29.2. The van der Waals surface area contributed by atoms with Crippen LogP contribution in [0, 0.1) is 5.41 Å². The number of hydrogen-bond acceptors (Lipinski definition) is 6. The van der Waals surface area contributed by atoms with Crippen molar-refractivity contribution in [3.8, 4) is 0 Å². The van der Waals surface area contributed by atoms with Crippen LogP contribution >= 0.6 is 12.4 Å². The number of carbonyl (C=O) groups is 1. The fraction of sp³-hybridized carbons (Fsp3) is 0.391. The lowest BCUT2D eigenvalue weighted by Gasteiger charge is -2.21. The molecule has 0 aliphatic heterocycles. The highest BCUT2D eigenvalue weighted by atomic mass is 35.5. The number of amidine groups is 1. The molecule has 1 unspecified atom stereocenters. The van der Waals surface area contributed by atoms with Gasteiger partial charge in [0.2, 0.25) is 0 Å². The molecule has 1 atom stereocenters. The van der Waals surface area contributed by atoms with Crippen molar-refractivity contribution >= 4 is 45.8 Å². The Balaban J connectivity index is 0.00000578. The first-order valence-corrected chi connectivity index (χ1v) is 12.5. The molecule has 9 nitrogen and oxygen atoms in total. The van der Waals surface area contributed by atoms with Gasteiger partial charge in [0.25, 0.3) is 10.2 Å². The standard InChI is InChI=1S/C23H33N5O4S.ClH/c1-4-7-12-26-33(30,31)28-20-14-16(5-2)13-18(15-20)21(23(29)32-6-3)27-19-10-8-17(9-11-19)22(24)25;/h8-11,13-15,21,26-28H,4-7,12H2,1-3H3,(H3,24,25);1H. The van der Waals surface area contributed by atoms with Crippen molar-refractivity contribution in [3.05, 3.63) is 59.2 Å². The molecule has 2 aromatic rings. The van der Waals surface area contributed by atoms with E-state index < -0.39 is 22.2 Å². The zero-order chi connectivity index (χ0) is 24.4. The van der Waals surface area contributed by atoms with Crippen molar-refractivity contribution in [1.29, 1.82) is 5.41 Å². The third kappa shape index (κ3) is 8.85. The Morgan fingerprint density at radius 2 is 1.76 bits per heavy atom. The van der Waals surface area contributed by atoms with Crippen molar-refractivity contribution in [2.24, 2.45) is 5.73 Å². The van der Waals surface area contributed by atoms with Gasteiger partial charge in [-0.05, 0) is 67.3 Å². The molecule has 2 rings (SSSR count). The first-order chi connectivity index (χ1) is 15.7. The van der Waals surface area contributed by atoms with E-state index in [9.17, 15) is 13.2 Å². The topological polar surface area (TPSA) is 146 Å². The highest BCUT2D eigenvalue weighted by Crippen LogP contribution is 2.26. The summed E-state index contributed by atoms with van der Waals surface area (Å²) in [5, 5.41) is 10.7. The molecule has 6 N–H and O–H groups in total. The van der Waals surface area contributed by atoms with Gasteiger partial charge in [-0.15, -0.1) is 12.4 Å². The van der Waals surface area contributed by atoms with Gasteiger partial charge in [-0.1, -0.05) is 26.3 Å². The maximum absolute atomic E-state index is 12.8. The molecule has 0 heterocycles. The average molecular weight is 512 g/mol.